The normalized spacial score (nSPS) is 13.3. The van der Waals surface area contributed by atoms with Gasteiger partial charge >= 0.3 is 12.0 Å². The Bertz CT molecular complexity index is 504. The maximum absolute atomic E-state index is 12.0. The van der Waals surface area contributed by atoms with Crippen LogP contribution in [0.25, 0.3) is 0 Å². The zero-order valence-electron chi connectivity index (χ0n) is 12.6. The second-order valence-electron chi connectivity index (χ2n) is 5.10. The molecule has 1 rings (SSSR count). The van der Waals surface area contributed by atoms with Crippen LogP contribution in [0.4, 0.5) is 10.5 Å². The van der Waals surface area contributed by atoms with E-state index >= 15 is 0 Å². The first-order valence-electron chi connectivity index (χ1n) is 6.81. The molecule has 0 aliphatic carbocycles. The van der Waals surface area contributed by atoms with Crippen molar-refractivity contribution < 1.29 is 19.4 Å². The number of rotatable bonds is 7. The Morgan fingerprint density at radius 2 is 2.10 bits per heavy atom. The summed E-state index contributed by atoms with van der Waals surface area (Å²) in [5.41, 5.74) is 0.235. The molecule has 0 aliphatic heterocycles. The van der Waals surface area contributed by atoms with E-state index in [4.69, 9.17) is 4.74 Å². The highest BCUT2D eigenvalue weighted by molar-refractivity contribution is 5.93. The second-order valence-corrected chi connectivity index (χ2v) is 5.10. The maximum Gasteiger partial charge on any atom is 0.329 e. The third-order valence-electron chi connectivity index (χ3n) is 3.11. The van der Waals surface area contributed by atoms with Gasteiger partial charge in [-0.2, -0.15) is 0 Å². The molecule has 116 valence electrons. The molecule has 1 unspecified atom stereocenters. The van der Waals surface area contributed by atoms with E-state index in [-0.39, 0.29) is 0 Å². The highest BCUT2D eigenvalue weighted by Gasteiger charge is 2.33. The summed E-state index contributed by atoms with van der Waals surface area (Å²) in [7, 11) is 1.59. The first-order valence-corrected chi connectivity index (χ1v) is 6.81. The lowest BCUT2D eigenvalue weighted by atomic mass is 9.97. The molecule has 0 saturated heterocycles. The fourth-order valence-electron chi connectivity index (χ4n) is 2.04. The molecular formula is C15H22N2O4. The fraction of sp³-hybridized carbons (Fsp3) is 0.467. The Morgan fingerprint density at radius 3 is 2.67 bits per heavy atom. The van der Waals surface area contributed by atoms with Gasteiger partial charge in [-0.3, -0.25) is 0 Å². The van der Waals surface area contributed by atoms with Crippen molar-refractivity contribution in [1.82, 2.24) is 5.32 Å². The van der Waals surface area contributed by atoms with Crippen LogP contribution >= 0.6 is 0 Å². The fourth-order valence-corrected chi connectivity index (χ4v) is 2.04. The predicted octanol–water partition coefficient (Wildman–Crippen LogP) is 2.60. The van der Waals surface area contributed by atoms with Gasteiger partial charge in [-0.1, -0.05) is 25.5 Å². The van der Waals surface area contributed by atoms with Gasteiger partial charge in [-0.05, 0) is 31.0 Å². The average Bonchev–Trinajstić information content (AvgIpc) is 2.39. The van der Waals surface area contributed by atoms with E-state index in [0.29, 0.717) is 25.1 Å². The van der Waals surface area contributed by atoms with Crippen LogP contribution in [0.2, 0.25) is 0 Å². The minimum atomic E-state index is -1.27. The largest absolute Gasteiger partial charge is 0.480 e. The number of urea groups is 1. The molecule has 0 saturated carbocycles. The lowest BCUT2D eigenvalue weighted by Gasteiger charge is -2.25. The van der Waals surface area contributed by atoms with E-state index < -0.39 is 17.5 Å². The van der Waals surface area contributed by atoms with Crippen LogP contribution in [-0.4, -0.2) is 29.8 Å². The van der Waals surface area contributed by atoms with Crippen molar-refractivity contribution in [1.29, 1.82) is 0 Å². The van der Waals surface area contributed by atoms with Crippen LogP contribution < -0.4 is 10.6 Å². The molecule has 0 bridgehead atoms. The van der Waals surface area contributed by atoms with Gasteiger partial charge in [-0.15, -0.1) is 0 Å². The van der Waals surface area contributed by atoms with Gasteiger partial charge < -0.3 is 20.5 Å². The molecule has 0 radical (unpaired) electrons. The van der Waals surface area contributed by atoms with E-state index in [1.54, 1.807) is 25.3 Å². The Labute approximate surface area is 124 Å². The molecule has 21 heavy (non-hydrogen) atoms. The number of benzene rings is 1. The van der Waals surface area contributed by atoms with Crippen molar-refractivity contribution in [3.63, 3.8) is 0 Å². The van der Waals surface area contributed by atoms with Gasteiger partial charge in [0.05, 0.1) is 6.61 Å². The van der Waals surface area contributed by atoms with Gasteiger partial charge in [-0.25, -0.2) is 9.59 Å². The van der Waals surface area contributed by atoms with Gasteiger partial charge in [0.25, 0.3) is 0 Å². The minimum absolute atomic E-state index is 0.361. The highest BCUT2D eigenvalue weighted by atomic mass is 16.5. The number of carbonyl (C=O) groups excluding carboxylic acids is 1. The van der Waals surface area contributed by atoms with Crippen molar-refractivity contribution in [3.05, 3.63) is 29.8 Å². The van der Waals surface area contributed by atoms with Crippen LogP contribution in [0.15, 0.2) is 24.3 Å². The van der Waals surface area contributed by atoms with E-state index in [1.807, 2.05) is 13.0 Å². The molecule has 2 amide bonds. The summed E-state index contributed by atoms with van der Waals surface area (Å²) in [5.74, 6) is -1.05. The lowest BCUT2D eigenvalue weighted by Crippen LogP contribution is -2.53. The van der Waals surface area contributed by atoms with Crippen molar-refractivity contribution in [2.24, 2.45) is 0 Å². The Hall–Kier alpha value is -2.08. The monoisotopic (exact) mass is 294 g/mol. The third kappa shape index (κ3) is 5.07. The predicted molar refractivity (Wildman–Crippen MR) is 80.3 cm³/mol. The smallest absolute Gasteiger partial charge is 0.329 e. The number of aliphatic carboxylic acids is 1. The third-order valence-corrected chi connectivity index (χ3v) is 3.11. The molecule has 0 aromatic heterocycles. The molecule has 1 aromatic rings. The zero-order chi connectivity index (χ0) is 15.9. The summed E-state index contributed by atoms with van der Waals surface area (Å²) in [5, 5.41) is 14.4. The molecular weight excluding hydrogens is 272 g/mol. The highest BCUT2D eigenvalue weighted by Crippen LogP contribution is 2.15. The molecule has 0 heterocycles. The molecule has 1 aromatic carbocycles. The molecule has 0 fully saturated rings. The molecule has 6 nitrogen and oxygen atoms in total. The van der Waals surface area contributed by atoms with Gasteiger partial charge in [0.15, 0.2) is 0 Å². The van der Waals surface area contributed by atoms with Crippen LogP contribution in [0.5, 0.6) is 0 Å². The van der Waals surface area contributed by atoms with Crippen molar-refractivity contribution in [3.8, 4) is 0 Å². The van der Waals surface area contributed by atoms with Gasteiger partial charge in [0.2, 0.25) is 0 Å². The second kappa shape index (κ2) is 7.64. The van der Waals surface area contributed by atoms with Crippen molar-refractivity contribution in [2.75, 3.05) is 12.4 Å². The summed E-state index contributed by atoms with van der Waals surface area (Å²) < 4.78 is 5.03. The van der Waals surface area contributed by atoms with Gasteiger partial charge in [0.1, 0.15) is 5.54 Å². The quantitative estimate of drug-likeness (QED) is 0.721. The van der Waals surface area contributed by atoms with Crippen LogP contribution in [0.3, 0.4) is 0 Å². The number of amides is 2. The molecule has 0 spiro atoms. The Balaban J connectivity index is 2.72. The first-order chi connectivity index (χ1) is 9.91. The van der Waals surface area contributed by atoms with Crippen molar-refractivity contribution in [2.45, 2.75) is 38.8 Å². The lowest BCUT2D eigenvalue weighted by molar-refractivity contribution is -0.143. The van der Waals surface area contributed by atoms with E-state index in [0.717, 1.165) is 5.56 Å². The number of hydrogen-bond donors (Lipinski definition) is 3. The maximum atomic E-state index is 12.0. The molecule has 0 aliphatic rings. The minimum Gasteiger partial charge on any atom is -0.480 e. The number of nitrogens with one attached hydrogen (secondary N) is 2. The van der Waals surface area contributed by atoms with Crippen LogP contribution in [0.1, 0.15) is 32.3 Å². The summed E-state index contributed by atoms with van der Waals surface area (Å²) in [6.07, 6.45) is 1.02. The molecule has 1 atom stereocenters. The van der Waals surface area contributed by atoms with Crippen molar-refractivity contribution >= 4 is 17.7 Å². The Kier molecular flexibility index (Phi) is 6.17. The van der Waals surface area contributed by atoms with E-state index in [9.17, 15) is 14.7 Å². The number of hydrogen-bond acceptors (Lipinski definition) is 3. The number of ether oxygens (including phenoxy) is 1. The SMILES string of the molecule is CCCC(C)(NC(=O)Nc1cccc(COC)c1)C(=O)O. The summed E-state index contributed by atoms with van der Waals surface area (Å²) >= 11 is 0. The summed E-state index contributed by atoms with van der Waals surface area (Å²) in [4.78, 5) is 23.2. The summed E-state index contributed by atoms with van der Waals surface area (Å²) in [6.45, 7) is 3.81. The topological polar surface area (TPSA) is 87.7 Å². The zero-order valence-corrected chi connectivity index (χ0v) is 12.6. The average molecular weight is 294 g/mol. The number of anilines is 1. The first kappa shape index (κ1) is 17.0. The van der Waals surface area contributed by atoms with Gasteiger partial charge in [0, 0.05) is 12.8 Å². The molecule has 6 heteroatoms. The Morgan fingerprint density at radius 1 is 1.38 bits per heavy atom. The number of carboxylic acid groups (broad SMARTS) is 1. The van der Waals surface area contributed by atoms with Crippen LogP contribution in [-0.2, 0) is 16.1 Å². The summed E-state index contributed by atoms with van der Waals surface area (Å²) in [6, 6.07) is 6.65. The standard InChI is InChI=1S/C15H22N2O4/c1-4-8-15(2,13(18)19)17-14(20)16-12-7-5-6-11(9-12)10-21-3/h5-7,9H,4,8,10H2,1-3H3,(H,18,19)(H2,16,17,20). The number of carbonyl (C=O) groups is 2. The van der Waals surface area contributed by atoms with Crippen LogP contribution in [0, 0.1) is 0 Å². The molecule has 3 N–H and O–H groups in total. The number of carboxylic acids is 1. The number of methoxy groups -OCH3 is 1. The van der Waals surface area contributed by atoms with E-state index in [1.165, 1.54) is 6.92 Å². The van der Waals surface area contributed by atoms with E-state index in [2.05, 4.69) is 10.6 Å².